The molecule has 0 spiro atoms. The topological polar surface area (TPSA) is 56.1 Å². The van der Waals surface area contributed by atoms with E-state index in [1.165, 1.54) is 37.4 Å². The molecule has 1 amide bonds. The van der Waals surface area contributed by atoms with E-state index in [9.17, 15) is 18.0 Å². The molecule has 0 unspecified atom stereocenters. The Morgan fingerprint density at radius 3 is 2.56 bits per heavy atom. The number of methoxy groups -OCH3 is 1. The quantitative estimate of drug-likeness (QED) is 0.733. The van der Waals surface area contributed by atoms with Gasteiger partial charge in [-0.15, -0.1) is 0 Å². The first-order valence-electron chi connectivity index (χ1n) is 7.98. The monoisotopic (exact) mass is 375 g/mol. The molecule has 0 fully saturated rings. The zero-order valence-corrected chi connectivity index (χ0v) is 14.5. The molecule has 0 atom stereocenters. The van der Waals surface area contributed by atoms with Crippen LogP contribution in [0.2, 0.25) is 0 Å². The fraction of sp³-hybridized carbons (Fsp3) is 0.158. The summed E-state index contributed by atoms with van der Waals surface area (Å²) in [7, 11) is 1.48. The fourth-order valence-corrected chi connectivity index (χ4v) is 2.62. The Morgan fingerprint density at radius 2 is 1.85 bits per heavy atom. The van der Waals surface area contributed by atoms with Crippen LogP contribution in [0.3, 0.4) is 0 Å². The summed E-state index contributed by atoms with van der Waals surface area (Å²) in [5, 5.41) is 6.73. The predicted molar refractivity (Wildman–Crippen MR) is 94.3 cm³/mol. The molecule has 0 radical (unpaired) electrons. The van der Waals surface area contributed by atoms with Crippen molar-refractivity contribution in [1.82, 2.24) is 9.78 Å². The van der Waals surface area contributed by atoms with Crippen LogP contribution in [0.25, 0.3) is 5.69 Å². The Labute approximate surface area is 153 Å². The lowest BCUT2D eigenvalue weighted by atomic mass is 10.1. The third kappa shape index (κ3) is 3.94. The van der Waals surface area contributed by atoms with Gasteiger partial charge in [0.05, 0.1) is 24.1 Å². The van der Waals surface area contributed by atoms with Gasteiger partial charge >= 0.3 is 6.18 Å². The number of carbonyl (C=O) groups excluding carboxylic acids is 1. The van der Waals surface area contributed by atoms with Gasteiger partial charge in [0.15, 0.2) is 0 Å². The largest absolute Gasteiger partial charge is 0.497 e. The minimum absolute atomic E-state index is 0.136. The number of hydrogen-bond acceptors (Lipinski definition) is 3. The Balaban J connectivity index is 1.99. The van der Waals surface area contributed by atoms with Crippen molar-refractivity contribution in [3.63, 3.8) is 0 Å². The summed E-state index contributed by atoms with van der Waals surface area (Å²) in [6.07, 6.45) is -4.55. The third-order valence-corrected chi connectivity index (χ3v) is 3.84. The van der Waals surface area contributed by atoms with Gasteiger partial charge in [-0.05, 0) is 37.3 Å². The van der Waals surface area contributed by atoms with Gasteiger partial charge in [0.2, 0.25) is 0 Å². The molecule has 140 valence electrons. The van der Waals surface area contributed by atoms with Crippen LogP contribution in [0.5, 0.6) is 5.75 Å². The van der Waals surface area contributed by atoms with E-state index in [1.807, 2.05) is 0 Å². The molecule has 0 aliphatic heterocycles. The van der Waals surface area contributed by atoms with E-state index < -0.39 is 17.6 Å². The van der Waals surface area contributed by atoms with E-state index in [0.29, 0.717) is 17.0 Å². The van der Waals surface area contributed by atoms with Gasteiger partial charge in [-0.1, -0.05) is 18.2 Å². The molecule has 8 heteroatoms. The minimum Gasteiger partial charge on any atom is -0.497 e. The first-order chi connectivity index (χ1) is 12.8. The Hall–Kier alpha value is -3.29. The maximum Gasteiger partial charge on any atom is 0.418 e. The number of amides is 1. The number of alkyl halides is 3. The molecule has 1 N–H and O–H groups in total. The average Bonchev–Trinajstić information content (AvgIpc) is 3.01. The highest BCUT2D eigenvalue weighted by Crippen LogP contribution is 2.34. The molecule has 0 bridgehead atoms. The summed E-state index contributed by atoms with van der Waals surface area (Å²) < 4.78 is 46.2. The summed E-state index contributed by atoms with van der Waals surface area (Å²) >= 11 is 0. The predicted octanol–water partition coefficient (Wildman–Crippen LogP) is 4.46. The second-order valence-electron chi connectivity index (χ2n) is 5.78. The van der Waals surface area contributed by atoms with Crippen molar-refractivity contribution in [2.45, 2.75) is 13.1 Å². The zero-order chi connectivity index (χ0) is 19.6. The van der Waals surface area contributed by atoms with Crippen LogP contribution in [0.4, 0.5) is 19.0 Å². The van der Waals surface area contributed by atoms with Crippen molar-refractivity contribution in [1.29, 1.82) is 0 Å². The van der Waals surface area contributed by atoms with Crippen LogP contribution < -0.4 is 10.1 Å². The van der Waals surface area contributed by atoms with Crippen LogP contribution in [-0.2, 0) is 6.18 Å². The van der Waals surface area contributed by atoms with Gasteiger partial charge in [-0.3, -0.25) is 4.79 Å². The molecule has 0 aliphatic carbocycles. The number of nitrogens with zero attached hydrogens (tertiary/aromatic N) is 2. The normalized spacial score (nSPS) is 11.3. The number of benzene rings is 2. The van der Waals surface area contributed by atoms with E-state index in [-0.39, 0.29) is 11.5 Å². The number of nitrogens with one attached hydrogen (secondary N) is 1. The second kappa shape index (κ2) is 7.14. The molecular weight excluding hydrogens is 359 g/mol. The number of rotatable bonds is 4. The molecule has 0 saturated carbocycles. The maximum atomic E-state index is 13.3. The molecule has 3 aromatic rings. The summed E-state index contributed by atoms with van der Waals surface area (Å²) in [6, 6.07) is 13.0. The minimum atomic E-state index is -4.55. The van der Waals surface area contributed by atoms with Gasteiger partial charge in [0.1, 0.15) is 11.6 Å². The van der Waals surface area contributed by atoms with Crippen molar-refractivity contribution < 1.29 is 22.7 Å². The number of carbonyl (C=O) groups is 1. The van der Waals surface area contributed by atoms with Crippen LogP contribution in [-0.4, -0.2) is 22.8 Å². The van der Waals surface area contributed by atoms with Crippen LogP contribution in [0.15, 0.2) is 54.6 Å². The number of aromatic nitrogens is 2. The highest BCUT2D eigenvalue weighted by molar-refractivity contribution is 6.04. The molecular formula is C19H16F3N3O2. The smallest absolute Gasteiger partial charge is 0.418 e. The average molecular weight is 375 g/mol. The first-order valence-corrected chi connectivity index (χ1v) is 7.98. The second-order valence-corrected chi connectivity index (χ2v) is 5.78. The van der Waals surface area contributed by atoms with Gasteiger partial charge in [0.25, 0.3) is 5.91 Å². The number of aryl methyl sites for hydroxylation is 1. The molecule has 2 aromatic carbocycles. The van der Waals surface area contributed by atoms with Crippen molar-refractivity contribution >= 4 is 11.7 Å². The standard InChI is InChI=1S/C19H16F3N3O2/c1-12-10-17(23-18(26)13-6-5-7-14(11-13)27-2)25(24-12)16-9-4-3-8-15(16)19(20,21)22/h3-11H,1-2H3,(H,23,26). The highest BCUT2D eigenvalue weighted by atomic mass is 19.4. The fourth-order valence-electron chi connectivity index (χ4n) is 2.62. The van der Waals surface area contributed by atoms with E-state index in [4.69, 9.17) is 4.74 Å². The molecule has 27 heavy (non-hydrogen) atoms. The lowest BCUT2D eigenvalue weighted by molar-refractivity contribution is -0.137. The lowest BCUT2D eigenvalue weighted by Crippen LogP contribution is -2.17. The van der Waals surface area contributed by atoms with E-state index in [2.05, 4.69) is 10.4 Å². The van der Waals surface area contributed by atoms with Crippen molar-refractivity contribution in [2.24, 2.45) is 0 Å². The Morgan fingerprint density at radius 1 is 1.11 bits per heavy atom. The van der Waals surface area contributed by atoms with Crippen molar-refractivity contribution in [3.05, 3.63) is 71.4 Å². The van der Waals surface area contributed by atoms with Crippen LogP contribution in [0.1, 0.15) is 21.6 Å². The SMILES string of the molecule is COc1cccc(C(=O)Nc2cc(C)nn2-c2ccccc2C(F)(F)F)c1. The molecule has 1 heterocycles. The van der Waals surface area contributed by atoms with Crippen molar-refractivity contribution in [3.8, 4) is 11.4 Å². The summed E-state index contributed by atoms with van der Waals surface area (Å²) in [6.45, 7) is 1.63. The van der Waals surface area contributed by atoms with E-state index in [0.717, 1.165) is 10.7 Å². The zero-order valence-electron chi connectivity index (χ0n) is 14.5. The third-order valence-electron chi connectivity index (χ3n) is 3.84. The van der Waals surface area contributed by atoms with Gasteiger partial charge in [0, 0.05) is 11.6 Å². The molecule has 0 aliphatic rings. The van der Waals surface area contributed by atoms with Gasteiger partial charge in [-0.2, -0.15) is 18.3 Å². The molecule has 1 aromatic heterocycles. The summed E-state index contributed by atoms with van der Waals surface area (Å²) in [5.41, 5.74) is -0.235. The highest BCUT2D eigenvalue weighted by Gasteiger charge is 2.34. The Bertz CT molecular complexity index is 980. The molecule has 0 saturated heterocycles. The number of hydrogen-bond donors (Lipinski definition) is 1. The van der Waals surface area contributed by atoms with Crippen LogP contribution >= 0.6 is 0 Å². The molecule has 5 nitrogen and oxygen atoms in total. The summed E-state index contributed by atoms with van der Waals surface area (Å²) in [4.78, 5) is 12.5. The maximum absolute atomic E-state index is 13.3. The van der Waals surface area contributed by atoms with Gasteiger partial charge < -0.3 is 10.1 Å². The lowest BCUT2D eigenvalue weighted by Gasteiger charge is -2.15. The van der Waals surface area contributed by atoms with Gasteiger partial charge in [-0.25, -0.2) is 4.68 Å². The Kier molecular flexibility index (Phi) is 4.89. The number of para-hydroxylation sites is 1. The van der Waals surface area contributed by atoms with Crippen LogP contribution in [0, 0.1) is 6.92 Å². The number of halogens is 3. The van der Waals surface area contributed by atoms with E-state index >= 15 is 0 Å². The molecule has 3 rings (SSSR count). The number of ether oxygens (including phenoxy) is 1. The van der Waals surface area contributed by atoms with E-state index in [1.54, 1.807) is 25.1 Å². The number of anilines is 1. The summed E-state index contributed by atoms with van der Waals surface area (Å²) in [5.74, 6) is 0.145. The first kappa shape index (κ1) is 18.5. The van der Waals surface area contributed by atoms with Crippen molar-refractivity contribution in [2.75, 3.05) is 12.4 Å².